The summed E-state index contributed by atoms with van der Waals surface area (Å²) in [7, 11) is -1.84. The minimum Gasteiger partial charge on any atom is -0.381 e. The molecule has 1 heterocycles. The van der Waals surface area contributed by atoms with Gasteiger partial charge in [-0.2, -0.15) is 0 Å². The number of nitrogens with one attached hydrogen (secondary N) is 3. The smallest absolute Gasteiger partial charge is 0.242 e. The summed E-state index contributed by atoms with van der Waals surface area (Å²) in [5.74, 6) is 1.43. The van der Waals surface area contributed by atoms with Gasteiger partial charge in [0.1, 0.15) is 4.90 Å². The molecule has 0 aromatic carbocycles. The van der Waals surface area contributed by atoms with Gasteiger partial charge < -0.3 is 15.4 Å². The number of aliphatic imine (C=N–C) groups is 1. The van der Waals surface area contributed by atoms with E-state index in [1.165, 1.54) is 31.3 Å². The summed E-state index contributed by atoms with van der Waals surface area (Å²) < 4.78 is 32.2. The number of rotatable bonds is 11. The highest BCUT2D eigenvalue weighted by atomic mass is 127. The molecule has 0 spiro atoms. The molecule has 2 rings (SSSR count). The van der Waals surface area contributed by atoms with Gasteiger partial charge in [0.25, 0.3) is 0 Å². The molecule has 0 atom stereocenters. The molecule has 1 aliphatic carbocycles. The third kappa shape index (κ3) is 9.10. The summed E-state index contributed by atoms with van der Waals surface area (Å²) in [6.45, 7) is 3.06. The highest BCUT2D eigenvalue weighted by Crippen LogP contribution is 2.28. The van der Waals surface area contributed by atoms with Gasteiger partial charge in [0, 0.05) is 52.3 Å². The Balaban J connectivity index is 0.00000338. The average molecular weight is 497 g/mol. The number of pyridine rings is 1. The van der Waals surface area contributed by atoms with Crippen LogP contribution in [0.3, 0.4) is 0 Å². The number of guanidine groups is 1. The van der Waals surface area contributed by atoms with Crippen LogP contribution < -0.4 is 15.4 Å². The second kappa shape index (κ2) is 12.4. The first kappa shape index (κ1) is 23.1. The van der Waals surface area contributed by atoms with Crippen LogP contribution in [0, 0.1) is 5.92 Å². The molecule has 10 heteroatoms. The largest absolute Gasteiger partial charge is 0.381 e. The number of sulfonamides is 1. The zero-order chi connectivity index (χ0) is 18.0. The first-order valence-electron chi connectivity index (χ1n) is 8.54. The molecule has 0 saturated heterocycles. The maximum atomic E-state index is 12.0. The lowest BCUT2D eigenvalue weighted by Gasteiger charge is -2.12. The third-order valence-electron chi connectivity index (χ3n) is 3.69. The highest BCUT2D eigenvalue weighted by molar-refractivity contribution is 14.0. The third-order valence-corrected chi connectivity index (χ3v) is 5.13. The summed E-state index contributed by atoms with van der Waals surface area (Å²) in [4.78, 5) is 8.07. The first-order chi connectivity index (χ1) is 12.1. The fourth-order valence-corrected chi connectivity index (χ4v) is 3.09. The van der Waals surface area contributed by atoms with Crippen molar-refractivity contribution in [2.24, 2.45) is 10.9 Å². The molecule has 3 N–H and O–H groups in total. The minimum absolute atomic E-state index is 0. The molecule has 1 aliphatic rings. The quantitative estimate of drug-likeness (QED) is 0.182. The molecule has 1 saturated carbocycles. The predicted molar refractivity (Wildman–Crippen MR) is 112 cm³/mol. The Morgan fingerprint density at radius 3 is 2.73 bits per heavy atom. The van der Waals surface area contributed by atoms with Crippen LogP contribution >= 0.6 is 24.0 Å². The van der Waals surface area contributed by atoms with Gasteiger partial charge in [0.15, 0.2) is 5.96 Å². The van der Waals surface area contributed by atoms with Gasteiger partial charge >= 0.3 is 0 Å². The van der Waals surface area contributed by atoms with Crippen LogP contribution in [0.4, 0.5) is 0 Å². The molecule has 1 aromatic heterocycles. The normalized spacial score (nSPS) is 14.6. The van der Waals surface area contributed by atoms with Crippen LogP contribution in [0.15, 0.2) is 34.4 Å². The summed E-state index contributed by atoms with van der Waals surface area (Å²) in [5.41, 5.74) is 0. The van der Waals surface area contributed by atoms with E-state index >= 15 is 0 Å². The molecule has 0 amide bonds. The van der Waals surface area contributed by atoms with Crippen molar-refractivity contribution < 1.29 is 13.2 Å². The lowest BCUT2D eigenvalue weighted by Crippen LogP contribution is -2.42. The maximum Gasteiger partial charge on any atom is 0.242 e. The molecule has 0 unspecified atom stereocenters. The van der Waals surface area contributed by atoms with Gasteiger partial charge in [-0.1, -0.05) is 0 Å². The van der Waals surface area contributed by atoms with Crippen molar-refractivity contribution in [2.45, 2.75) is 24.2 Å². The molecule has 1 aromatic rings. The number of hydrogen-bond donors (Lipinski definition) is 3. The SMILES string of the molecule is CN=C(NCCCOCC1CC1)NCCNS(=O)(=O)c1cccnc1.I. The lowest BCUT2D eigenvalue weighted by atomic mass is 10.4. The maximum absolute atomic E-state index is 12.0. The van der Waals surface area contributed by atoms with Gasteiger partial charge in [-0.3, -0.25) is 9.98 Å². The molecular formula is C16H28IN5O3S. The zero-order valence-electron chi connectivity index (χ0n) is 15.0. The van der Waals surface area contributed by atoms with Crippen LogP contribution in [-0.4, -0.2) is 59.3 Å². The lowest BCUT2D eigenvalue weighted by molar-refractivity contribution is 0.123. The summed E-state index contributed by atoms with van der Waals surface area (Å²) in [6.07, 6.45) is 6.37. The number of nitrogens with zero attached hydrogens (tertiary/aromatic N) is 2. The van der Waals surface area contributed by atoms with E-state index in [0.717, 1.165) is 32.1 Å². The molecule has 0 bridgehead atoms. The van der Waals surface area contributed by atoms with E-state index in [9.17, 15) is 8.42 Å². The fourth-order valence-electron chi connectivity index (χ4n) is 2.09. The second-order valence-corrected chi connectivity index (χ2v) is 7.65. The fraction of sp³-hybridized carbons (Fsp3) is 0.625. The standard InChI is InChI=1S/C16H27N5O3S.HI/c1-17-16(19-8-3-11-24-13-14-5-6-14)20-9-10-21-25(22,23)15-4-2-7-18-12-15;/h2,4,7,12,14,21H,3,5-6,8-11,13H2,1H3,(H2,17,19,20);1H. The molecule has 1 fully saturated rings. The van der Waals surface area contributed by atoms with Gasteiger partial charge in [-0.05, 0) is 37.3 Å². The summed E-state index contributed by atoms with van der Waals surface area (Å²) >= 11 is 0. The number of hydrogen-bond acceptors (Lipinski definition) is 5. The van der Waals surface area contributed by atoms with E-state index in [-0.39, 0.29) is 35.4 Å². The monoisotopic (exact) mass is 497 g/mol. The number of ether oxygens (including phenoxy) is 1. The Hall–Kier alpha value is -0.980. The summed E-state index contributed by atoms with van der Waals surface area (Å²) in [5, 5.41) is 6.24. The van der Waals surface area contributed by atoms with Gasteiger partial charge in [0.05, 0.1) is 0 Å². The number of halogens is 1. The van der Waals surface area contributed by atoms with Crippen LogP contribution in [0.2, 0.25) is 0 Å². The van der Waals surface area contributed by atoms with E-state index in [0.29, 0.717) is 12.5 Å². The summed E-state index contributed by atoms with van der Waals surface area (Å²) in [6, 6.07) is 3.10. The van der Waals surface area contributed by atoms with E-state index in [1.807, 2.05) is 0 Å². The molecule has 8 nitrogen and oxygen atoms in total. The molecule has 0 radical (unpaired) electrons. The van der Waals surface area contributed by atoms with Crippen molar-refractivity contribution in [2.75, 3.05) is 39.9 Å². The first-order valence-corrected chi connectivity index (χ1v) is 10.0. The second-order valence-electron chi connectivity index (χ2n) is 5.88. The zero-order valence-corrected chi connectivity index (χ0v) is 18.1. The number of aromatic nitrogens is 1. The average Bonchev–Trinajstić information content (AvgIpc) is 3.44. The predicted octanol–water partition coefficient (Wildman–Crippen LogP) is 0.960. The topological polar surface area (TPSA) is 105 Å². The van der Waals surface area contributed by atoms with Crippen molar-refractivity contribution >= 4 is 40.0 Å². The molecular weight excluding hydrogens is 469 g/mol. The van der Waals surface area contributed by atoms with Crippen molar-refractivity contribution in [3.05, 3.63) is 24.5 Å². The van der Waals surface area contributed by atoms with Crippen molar-refractivity contribution in [3.63, 3.8) is 0 Å². The minimum atomic E-state index is -3.52. The van der Waals surface area contributed by atoms with Gasteiger partial charge in [-0.15, -0.1) is 24.0 Å². The van der Waals surface area contributed by atoms with Crippen molar-refractivity contribution in [3.8, 4) is 0 Å². The van der Waals surface area contributed by atoms with E-state index in [2.05, 4.69) is 25.3 Å². The van der Waals surface area contributed by atoms with E-state index in [1.54, 1.807) is 13.1 Å². The van der Waals surface area contributed by atoms with Crippen LogP contribution in [0.1, 0.15) is 19.3 Å². The Morgan fingerprint density at radius 2 is 2.08 bits per heavy atom. The molecule has 26 heavy (non-hydrogen) atoms. The van der Waals surface area contributed by atoms with Gasteiger partial charge in [0.2, 0.25) is 10.0 Å². The van der Waals surface area contributed by atoms with Crippen molar-refractivity contribution in [1.82, 2.24) is 20.3 Å². The Morgan fingerprint density at radius 1 is 1.31 bits per heavy atom. The molecule has 0 aliphatic heterocycles. The van der Waals surface area contributed by atoms with E-state index in [4.69, 9.17) is 4.74 Å². The molecule has 148 valence electrons. The van der Waals surface area contributed by atoms with Crippen LogP contribution in [0.25, 0.3) is 0 Å². The van der Waals surface area contributed by atoms with Gasteiger partial charge in [-0.25, -0.2) is 13.1 Å². The van der Waals surface area contributed by atoms with Crippen LogP contribution in [0.5, 0.6) is 0 Å². The Bertz CT molecular complexity index is 639. The van der Waals surface area contributed by atoms with E-state index < -0.39 is 10.0 Å². The highest BCUT2D eigenvalue weighted by Gasteiger charge is 2.20. The van der Waals surface area contributed by atoms with Crippen molar-refractivity contribution in [1.29, 1.82) is 0 Å². The van der Waals surface area contributed by atoms with Crippen LogP contribution in [-0.2, 0) is 14.8 Å². The Labute approximate surface area is 172 Å². The Kier molecular flexibility index (Phi) is 11.0.